The van der Waals surface area contributed by atoms with Crippen LogP contribution in [0.25, 0.3) is 0 Å². The summed E-state index contributed by atoms with van der Waals surface area (Å²) < 4.78 is 4.24. The van der Waals surface area contributed by atoms with Crippen molar-refractivity contribution in [2.75, 3.05) is 0 Å². The molecule has 2 nitrogen and oxygen atoms in total. The minimum absolute atomic E-state index is 0.478. The molecule has 0 N–H and O–H groups in total. The van der Waals surface area contributed by atoms with E-state index in [1.165, 1.54) is 32.8 Å². The Bertz CT molecular complexity index is 808. The second-order valence-electron chi connectivity index (χ2n) is 6.11. The molecular weight excluding hydrogens is 367 g/mol. The van der Waals surface area contributed by atoms with Crippen molar-refractivity contribution >= 4 is 26.5 Å². The topological polar surface area (TPSA) is 25.8 Å². The van der Waals surface area contributed by atoms with E-state index in [0.717, 1.165) is 6.42 Å². The van der Waals surface area contributed by atoms with Crippen LogP contribution in [-0.4, -0.2) is 24.5 Å². The first-order chi connectivity index (χ1) is 11.2. The molecule has 0 spiro atoms. The van der Waals surface area contributed by atoms with E-state index in [1.807, 2.05) is 0 Å². The molecule has 2 unspecified atom stereocenters. The molecule has 0 saturated heterocycles. The SMILES string of the molecule is Cc1ccc(C2Cc3nnsc3C(c3ccc(C)cc3)[Se]2)cc1. The third kappa shape index (κ3) is 2.99. The Labute approximate surface area is 147 Å². The van der Waals surface area contributed by atoms with Crippen LogP contribution in [0.15, 0.2) is 48.5 Å². The summed E-state index contributed by atoms with van der Waals surface area (Å²) in [5, 5.41) is 4.42. The zero-order valence-electron chi connectivity index (χ0n) is 13.2. The molecule has 2 heterocycles. The molecule has 1 aromatic heterocycles. The van der Waals surface area contributed by atoms with Crippen LogP contribution in [0, 0.1) is 13.8 Å². The molecule has 0 amide bonds. The van der Waals surface area contributed by atoms with Crippen molar-refractivity contribution in [1.29, 1.82) is 0 Å². The van der Waals surface area contributed by atoms with Gasteiger partial charge in [-0.25, -0.2) is 0 Å². The van der Waals surface area contributed by atoms with Gasteiger partial charge in [-0.15, -0.1) is 0 Å². The second-order valence-corrected chi connectivity index (χ2v) is 9.65. The van der Waals surface area contributed by atoms with Crippen LogP contribution in [0.3, 0.4) is 0 Å². The fraction of sp³-hybridized carbons (Fsp3) is 0.263. The summed E-state index contributed by atoms with van der Waals surface area (Å²) in [6.45, 7) is 4.29. The van der Waals surface area contributed by atoms with Crippen molar-refractivity contribution in [2.24, 2.45) is 0 Å². The first-order valence-electron chi connectivity index (χ1n) is 7.80. The molecule has 116 valence electrons. The monoisotopic (exact) mass is 386 g/mol. The van der Waals surface area contributed by atoms with Gasteiger partial charge in [-0.2, -0.15) is 0 Å². The van der Waals surface area contributed by atoms with Gasteiger partial charge in [0, 0.05) is 0 Å². The van der Waals surface area contributed by atoms with Crippen LogP contribution in [0.5, 0.6) is 0 Å². The van der Waals surface area contributed by atoms with Gasteiger partial charge in [0.1, 0.15) is 0 Å². The van der Waals surface area contributed by atoms with Crippen molar-refractivity contribution in [2.45, 2.75) is 29.9 Å². The van der Waals surface area contributed by atoms with Crippen LogP contribution >= 0.6 is 11.5 Å². The summed E-state index contributed by atoms with van der Waals surface area (Å²) in [6.07, 6.45) is 1.04. The van der Waals surface area contributed by atoms with Gasteiger partial charge in [-0.3, -0.25) is 0 Å². The number of fused-ring (bicyclic) bond motifs is 1. The molecule has 0 bridgehead atoms. The molecule has 2 aromatic carbocycles. The molecule has 3 aromatic rings. The van der Waals surface area contributed by atoms with Crippen LogP contribution in [0.4, 0.5) is 0 Å². The van der Waals surface area contributed by atoms with Crippen molar-refractivity contribution in [3.05, 3.63) is 81.4 Å². The summed E-state index contributed by atoms with van der Waals surface area (Å²) in [4.78, 5) is 2.46. The van der Waals surface area contributed by atoms with Crippen LogP contribution in [-0.2, 0) is 6.42 Å². The van der Waals surface area contributed by atoms with Crippen molar-refractivity contribution < 1.29 is 0 Å². The van der Waals surface area contributed by atoms with E-state index >= 15 is 0 Å². The fourth-order valence-corrected chi connectivity index (χ4v) is 7.29. The van der Waals surface area contributed by atoms with Gasteiger partial charge in [0.05, 0.1) is 0 Å². The quantitative estimate of drug-likeness (QED) is 0.617. The number of aromatic nitrogens is 2. The molecule has 2 atom stereocenters. The van der Waals surface area contributed by atoms with Gasteiger partial charge in [0.2, 0.25) is 0 Å². The van der Waals surface area contributed by atoms with Gasteiger partial charge in [-0.1, -0.05) is 0 Å². The number of aryl methyl sites for hydroxylation is 2. The van der Waals surface area contributed by atoms with Gasteiger partial charge < -0.3 is 0 Å². The molecule has 4 heteroatoms. The Morgan fingerprint density at radius 3 is 2.17 bits per heavy atom. The van der Waals surface area contributed by atoms with E-state index < -0.39 is 0 Å². The Kier molecular flexibility index (Phi) is 4.06. The Morgan fingerprint density at radius 1 is 0.913 bits per heavy atom. The summed E-state index contributed by atoms with van der Waals surface area (Å²) in [5.74, 6) is 0. The third-order valence-electron chi connectivity index (χ3n) is 4.33. The summed E-state index contributed by atoms with van der Waals surface area (Å²) in [6, 6.07) is 18.0. The third-order valence-corrected chi connectivity index (χ3v) is 8.75. The molecule has 1 aliphatic heterocycles. The van der Waals surface area contributed by atoms with Crippen molar-refractivity contribution in [3.8, 4) is 0 Å². The Hall–Kier alpha value is -1.48. The zero-order valence-corrected chi connectivity index (χ0v) is 15.7. The Morgan fingerprint density at radius 2 is 1.52 bits per heavy atom. The van der Waals surface area contributed by atoms with Crippen molar-refractivity contribution in [3.63, 3.8) is 0 Å². The van der Waals surface area contributed by atoms with Crippen LogP contribution < -0.4 is 0 Å². The van der Waals surface area contributed by atoms with E-state index in [4.69, 9.17) is 0 Å². The maximum atomic E-state index is 4.42. The Balaban J connectivity index is 1.71. The second kappa shape index (κ2) is 6.20. The van der Waals surface area contributed by atoms with E-state index in [2.05, 4.69) is 72.0 Å². The number of hydrogen-bond acceptors (Lipinski definition) is 3. The van der Waals surface area contributed by atoms with Gasteiger partial charge >= 0.3 is 147 Å². The van der Waals surface area contributed by atoms with Crippen molar-refractivity contribution in [1.82, 2.24) is 9.59 Å². The van der Waals surface area contributed by atoms with Gasteiger partial charge in [0.25, 0.3) is 0 Å². The normalized spacial score (nSPS) is 20.3. The van der Waals surface area contributed by atoms with Crippen LogP contribution in [0.1, 0.15) is 42.5 Å². The number of hydrogen-bond donors (Lipinski definition) is 0. The molecule has 0 saturated carbocycles. The molecular formula is C19H18N2SSe. The predicted molar refractivity (Wildman–Crippen MR) is 96.3 cm³/mol. The standard InChI is InChI=1S/C19H18N2SSe/c1-12-3-7-14(8-4-12)17-11-16-18(22-21-20-16)19(23-17)15-9-5-13(2)6-10-15/h3-10,17,19H,11H2,1-2H3. The van der Waals surface area contributed by atoms with Gasteiger partial charge in [0.15, 0.2) is 0 Å². The van der Waals surface area contributed by atoms with Gasteiger partial charge in [-0.05, 0) is 0 Å². The molecule has 4 rings (SSSR count). The van der Waals surface area contributed by atoms with E-state index in [-0.39, 0.29) is 0 Å². The number of rotatable bonds is 2. The van der Waals surface area contributed by atoms with E-state index in [9.17, 15) is 0 Å². The first kappa shape index (κ1) is 15.1. The fourth-order valence-electron chi connectivity index (χ4n) is 2.95. The van der Waals surface area contributed by atoms with E-state index in [1.54, 1.807) is 11.5 Å². The summed E-state index contributed by atoms with van der Waals surface area (Å²) >= 11 is 2.06. The maximum absolute atomic E-state index is 4.42. The molecule has 0 aliphatic carbocycles. The first-order valence-corrected chi connectivity index (χ1v) is 10.6. The average Bonchev–Trinajstić information content (AvgIpc) is 3.04. The zero-order chi connectivity index (χ0) is 15.8. The summed E-state index contributed by atoms with van der Waals surface area (Å²) in [5.41, 5.74) is 6.71. The summed E-state index contributed by atoms with van der Waals surface area (Å²) in [7, 11) is 0. The minimum atomic E-state index is 0.478. The number of nitrogens with zero attached hydrogens (tertiary/aromatic N) is 2. The molecule has 0 fully saturated rings. The predicted octanol–water partition coefficient (Wildman–Crippen LogP) is 4.25. The molecule has 0 radical (unpaired) electrons. The average molecular weight is 385 g/mol. The number of benzene rings is 2. The molecule has 1 aliphatic rings. The molecule has 23 heavy (non-hydrogen) atoms. The van der Waals surface area contributed by atoms with Crippen LogP contribution in [0.2, 0.25) is 0 Å². The van der Waals surface area contributed by atoms with E-state index in [0.29, 0.717) is 24.6 Å².